The van der Waals surface area contributed by atoms with Crippen LogP contribution in [0.5, 0.6) is 0 Å². The Labute approximate surface area is 172 Å². The zero-order chi connectivity index (χ0) is 19.8. The summed E-state index contributed by atoms with van der Waals surface area (Å²) in [6, 6.07) is 14.5. The van der Waals surface area contributed by atoms with Crippen molar-refractivity contribution in [2.75, 3.05) is 6.54 Å². The quantitative estimate of drug-likeness (QED) is 0.503. The highest BCUT2D eigenvalue weighted by Crippen LogP contribution is 2.35. The van der Waals surface area contributed by atoms with Gasteiger partial charge >= 0.3 is 0 Å². The second-order valence-electron chi connectivity index (χ2n) is 7.51. The molecule has 0 saturated carbocycles. The van der Waals surface area contributed by atoms with Gasteiger partial charge in [-0.3, -0.25) is 4.79 Å². The lowest BCUT2D eigenvalue weighted by molar-refractivity contribution is 0.0635. The predicted octanol–water partition coefficient (Wildman–Crippen LogP) is 4.56. The van der Waals surface area contributed by atoms with Gasteiger partial charge in [0, 0.05) is 33.8 Å². The molecule has 6 nitrogen and oxygen atoms in total. The molecule has 1 aliphatic heterocycles. The number of rotatable bonds is 3. The predicted molar refractivity (Wildman–Crippen MR) is 114 cm³/mol. The van der Waals surface area contributed by atoms with Crippen LogP contribution in [0.3, 0.4) is 0 Å². The first kappa shape index (κ1) is 18.0. The fourth-order valence-corrected chi connectivity index (χ4v) is 5.04. The van der Waals surface area contributed by atoms with E-state index in [1.54, 1.807) is 22.3 Å². The molecule has 3 heterocycles. The van der Waals surface area contributed by atoms with E-state index in [9.17, 15) is 4.79 Å². The summed E-state index contributed by atoms with van der Waals surface area (Å²) in [5, 5.41) is 14.9. The van der Waals surface area contributed by atoms with Gasteiger partial charge in [-0.15, -0.1) is 16.4 Å². The van der Waals surface area contributed by atoms with Crippen LogP contribution in [0.2, 0.25) is 0 Å². The van der Waals surface area contributed by atoms with Gasteiger partial charge in [0.05, 0.1) is 5.69 Å². The van der Waals surface area contributed by atoms with Gasteiger partial charge in [-0.05, 0) is 71.8 Å². The summed E-state index contributed by atoms with van der Waals surface area (Å²) in [6.07, 6.45) is 4.86. The van der Waals surface area contributed by atoms with Gasteiger partial charge in [0.15, 0.2) is 0 Å². The van der Waals surface area contributed by atoms with Crippen molar-refractivity contribution in [2.45, 2.75) is 32.2 Å². The minimum absolute atomic E-state index is 0.0768. The van der Waals surface area contributed by atoms with E-state index in [1.807, 2.05) is 35.2 Å². The van der Waals surface area contributed by atoms with Gasteiger partial charge in [0.25, 0.3) is 5.91 Å². The number of aromatic nitrogens is 4. The molecule has 1 saturated heterocycles. The highest BCUT2D eigenvalue weighted by atomic mass is 32.1. The third kappa shape index (κ3) is 3.31. The zero-order valence-corrected chi connectivity index (χ0v) is 17.0. The number of piperidine rings is 1. The molecule has 1 aliphatic rings. The Bertz CT molecular complexity index is 1170. The van der Waals surface area contributed by atoms with E-state index in [0.29, 0.717) is 5.56 Å². The van der Waals surface area contributed by atoms with Crippen molar-refractivity contribution in [3.05, 3.63) is 59.7 Å². The lowest BCUT2D eigenvalue weighted by Crippen LogP contribution is -2.42. The number of hydrogen-bond donors (Lipinski definition) is 0. The number of nitrogens with zero attached hydrogens (tertiary/aromatic N) is 5. The third-order valence-corrected chi connectivity index (χ3v) is 6.60. The molecule has 2 aromatic heterocycles. The number of likely N-dealkylation sites (tertiary alicyclic amines) is 1. The van der Waals surface area contributed by atoms with Gasteiger partial charge in [0.2, 0.25) is 0 Å². The Hall–Kier alpha value is -3.06. The number of carbonyl (C=O) groups is 1. The van der Waals surface area contributed by atoms with Crippen molar-refractivity contribution in [1.29, 1.82) is 0 Å². The zero-order valence-electron chi connectivity index (χ0n) is 16.2. The summed E-state index contributed by atoms with van der Waals surface area (Å²) in [5.74, 6) is 0.0768. The smallest absolute Gasteiger partial charge is 0.254 e. The van der Waals surface area contributed by atoms with Crippen molar-refractivity contribution in [3.63, 3.8) is 0 Å². The lowest BCUT2D eigenvalue weighted by Gasteiger charge is -2.33. The summed E-state index contributed by atoms with van der Waals surface area (Å²) in [4.78, 5) is 15.4. The molecular formula is C22H21N5OS. The van der Waals surface area contributed by atoms with E-state index in [2.05, 4.69) is 40.0 Å². The van der Waals surface area contributed by atoms with Crippen LogP contribution in [-0.4, -0.2) is 43.6 Å². The van der Waals surface area contributed by atoms with Crippen LogP contribution in [0.15, 0.2) is 54.2 Å². The van der Waals surface area contributed by atoms with Gasteiger partial charge in [-0.1, -0.05) is 18.2 Å². The Kier molecular flexibility index (Phi) is 4.60. The number of thiophene rings is 1. The average Bonchev–Trinajstić information content (AvgIpc) is 3.43. The molecule has 146 valence electrons. The van der Waals surface area contributed by atoms with Crippen LogP contribution >= 0.6 is 11.3 Å². The molecular weight excluding hydrogens is 382 g/mol. The molecule has 0 aliphatic carbocycles. The van der Waals surface area contributed by atoms with E-state index in [1.165, 1.54) is 16.5 Å². The first-order valence-corrected chi connectivity index (χ1v) is 10.7. The van der Waals surface area contributed by atoms with E-state index in [0.717, 1.165) is 36.2 Å². The SMILES string of the molecule is CC1CCCCN1C(=O)c1cc(-c2csc3ccccc23)cc(-n2cnnn2)c1. The summed E-state index contributed by atoms with van der Waals surface area (Å²) < 4.78 is 2.84. The molecule has 1 amide bonds. The van der Waals surface area contributed by atoms with Crippen LogP contribution in [0.1, 0.15) is 36.5 Å². The third-order valence-electron chi connectivity index (χ3n) is 5.63. The molecule has 5 rings (SSSR count). The van der Waals surface area contributed by atoms with Crippen molar-refractivity contribution in [2.24, 2.45) is 0 Å². The Morgan fingerprint density at radius 1 is 1.17 bits per heavy atom. The van der Waals surface area contributed by atoms with Crippen LogP contribution in [0.25, 0.3) is 26.9 Å². The summed E-state index contributed by atoms with van der Waals surface area (Å²) in [7, 11) is 0. The van der Waals surface area contributed by atoms with Crippen LogP contribution < -0.4 is 0 Å². The molecule has 0 N–H and O–H groups in total. The monoisotopic (exact) mass is 403 g/mol. The first-order valence-electron chi connectivity index (χ1n) is 9.87. The van der Waals surface area contributed by atoms with Crippen molar-refractivity contribution in [1.82, 2.24) is 25.1 Å². The van der Waals surface area contributed by atoms with Crippen molar-refractivity contribution in [3.8, 4) is 16.8 Å². The van der Waals surface area contributed by atoms with E-state index < -0.39 is 0 Å². The lowest BCUT2D eigenvalue weighted by atomic mass is 9.98. The number of amides is 1. The molecule has 0 spiro atoms. The maximum Gasteiger partial charge on any atom is 0.254 e. The highest BCUT2D eigenvalue weighted by molar-refractivity contribution is 7.17. The number of benzene rings is 2. The van der Waals surface area contributed by atoms with E-state index >= 15 is 0 Å². The summed E-state index contributed by atoms with van der Waals surface area (Å²) in [6.45, 7) is 2.95. The molecule has 7 heteroatoms. The molecule has 4 aromatic rings. The maximum absolute atomic E-state index is 13.4. The maximum atomic E-state index is 13.4. The number of carbonyl (C=O) groups excluding carboxylic acids is 1. The van der Waals surface area contributed by atoms with E-state index in [4.69, 9.17) is 0 Å². The van der Waals surface area contributed by atoms with Crippen LogP contribution in [0, 0.1) is 0 Å². The minimum Gasteiger partial charge on any atom is -0.336 e. The number of tetrazole rings is 1. The topological polar surface area (TPSA) is 63.9 Å². The molecule has 1 atom stereocenters. The average molecular weight is 404 g/mol. The standard InChI is InChI=1S/C22H21N5OS/c1-15-6-4-5-9-26(15)22(28)17-10-16(11-18(12-17)27-14-23-24-25-27)20-13-29-21-8-3-2-7-19(20)21/h2-3,7-8,10-15H,4-6,9H2,1H3. The van der Waals surface area contributed by atoms with Gasteiger partial charge in [-0.2, -0.15) is 0 Å². The molecule has 29 heavy (non-hydrogen) atoms. The highest BCUT2D eigenvalue weighted by Gasteiger charge is 2.25. The van der Waals surface area contributed by atoms with Gasteiger partial charge in [-0.25, -0.2) is 4.68 Å². The number of fused-ring (bicyclic) bond motifs is 1. The minimum atomic E-state index is 0.0768. The van der Waals surface area contributed by atoms with Crippen molar-refractivity contribution >= 4 is 27.3 Å². The number of hydrogen-bond acceptors (Lipinski definition) is 5. The summed E-state index contributed by atoms with van der Waals surface area (Å²) >= 11 is 1.71. The van der Waals surface area contributed by atoms with Crippen LogP contribution in [0.4, 0.5) is 0 Å². The van der Waals surface area contributed by atoms with Crippen LogP contribution in [-0.2, 0) is 0 Å². The first-order chi connectivity index (χ1) is 14.2. The molecule has 1 unspecified atom stereocenters. The Morgan fingerprint density at radius 2 is 2.07 bits per heavy atom. The Morgan fingerprint density at radius 3 is 2.90 bits per heavy atom. The normalized spacial score (nSPS) is 17.0. The van der Waals surface area contributed by atoms with Gasteiger partial charge in [0.1, 0.15) is 6.33 Å². The molecule has 0 bridgehead atoms. The molecule has 0 radical (unpaired) electrons. The second-order valence-corrected chi connectivity index (χ2v) is 8.42. The second kappa shape index (κ2) is 7.40. The van der Waals surface area contributed by atoms with E-state index in [-0.39, 0.29) is 11.9 Å². The summed E-state index contributed by atoms with van der Waals surface area (Å²) in [5.41, 5.74) is 3.59. The molecule has 1 fully saturated rings. The fraction of sp³-hybridized carbons (Fsp3) is 0.273. The fourth-order valence-electron chi connectivity index (χ4n) is 4.07. The Balaban J connectivity index is 1.64. The molecule has 2 aromatic carbocycles. The largest absolute Gasteiger partial charge is 0.336 e. The van der Waals surface area contributed by atoms with Gasteiger partial charge < -0.3 is 4.90 Å². The van der Waals surface area contributed by atoms with Crippen molar-refractivity contribution < 1.29 is 4.79 Å².